The zero-order valence-electron chi connectivity index (χ0n) is 12.4. The largest absolute Gasteiger partial charge is 0.480 e. The molecule has 1 aliphatic carbocycles. The second-order valence-corrected chi connectivity index (χ2v) is 5.74. The van der Waals surface area contributed by atoms with Crippen molar-refractivity contribution in [2.24, 2.45) is 11.8 Å². The monoisotopic (exact) mass is 286 g/mol. The summed E-state index contributed by atoms with van der Waals surface area (Å²) in [6, 6.07) is -0.313. The molecule has 1 saturated carbocycles. The summed E-state index contributed by atoms with van der Waals surface area (Å²) in [4.78, 5) is 24.0. The number of aliphatic carboxylic acids is 1. The third-order valence-electron chi connectivity index (χ3n) is 3.15. The van der Waals surface area contributed by atoms with Crippen molar-refractivity contribution in [1.82, 2.24) is 10.2 Å². The molecule has 20 heavy (non-hydrogen) atoms. The first-order valence-corrected chi connectivity index (χ1v) is 7.31. The molecule has 0 saturated heterocycles. The highest BCUT2D eigenvalue weighted by atomic mass is 16.5. The number of hydrogen-bond donors (Lipinski definition) is 2. The summed E-state index contributed by atoms with van der Waals surface area (Å²) in [5, 5.41) is 11.5. The van der Waals surface area contributed by atoms with Crippen molar-refractivity contribution in [2.75, 3.05) is 32.8 Å². The molecule has 0 bridgehead atoms. The van der Waals surface area contributed by atoms with Gasteiger partial charge in [-0.05, 0) is 31.1 Å². The first-order valence-electron chi connectivity index (χ1n) is 7.31. The van der Waals surface area contributed by atoms with Crippen molar-refractivity contribution in [2.45, 2.75) is 33.1 Å². The number of nitrogens with one attached hydrogen (secondary N) is 1. The smallest absolute Gasteiger partial charge is 0.323 e. The van der Waals surface area contributed by atoms with E-state index in [1.807, 2.05) is 0 Å². The minimum atomic E-state index is -0.978. The van der Waals surface area contributed by atoms with Gasteiger partial charge in [-0.3, -0.25) is 4.79 Å². The number of urea groups is 1. The van der Waals surface area contributed by atoms with E-state index in [2.05, 4.69) is 19.2 Å². The topological polar surface area (TPSA) is 78.9 Å². The van der Waals surface area contributed by atoms with Crippen LogP contribution in [-0.4, -0.2) is 54.9 Å². The predicted octanol–water partition coefficient (Wildman–Crippen LogP) is 1.56. The Hall–Kier alpha value is -1.30. The van der Waals surface area contributed by atoms with Crippen LogP contribution in [0, 0.1) is 11.8 Å². The Labute approximate surface area is 120 Å². The summed E-state index contributed by atoms with van der Waals surface area (Å²) in [5.41, 5.74) is 0. The molecule has 1 rings (SSSR count). The second-order valence-electron chi connectivity index (χ2n) is 5.74. The number of carboxylic acids is 1. The summed E-state index contributed by atoms with van der Waals surface area (Å²) >= 11 is 0. The number of carbonyl (C=O) groups is 2. The Bertz CT molecular complexity index is 316. The van der Waals surface area contributed by atoms with Gasteiger partial charge < -0.3 is 20.1 Å². The van der Waals surface area contributed by atoms with Crippen LogP contribution in [0.4, 0.5) is 4.79 Å². The van der Waals surface area contributed by atoms with E-state index in [9.17, 15) is 9.59 Å². The first-order chi connectivity index (χ1) is 9.49. The van der Waals surface area contributed by atoms with Gasteiger partial charge >= 0.3 is 12.0 Å². The number of carbonyl (C=O) groups excluding carboxylic acids is 1. The van der Waals surface area contributed by atoms with E-state index in [-0.39, 0.29) is 12.6 Å². The maximum absolute atomic E-state index is 11.9. The van der Waals surface area contributed by atoms with Gasteiger partial charge in [-0.15, -0.1) is 0 Å². The molecule has 1 fully saturated rings. The van der Waals surface area contributed by atoms with Crippen molar-refractivity contribution in [1.29, 1.82) is 0 Å². The number of carboxylic acid groups (broad SMARTS) is 1. The van der Waals surface area contributed by atoms with E-state index in [0.29, 0.717) is 38.1 Å². The molecule has 1 aliphatic rings. The lowest BCUT2D eigenvalue weighted by Gasteiger charge is -2.21. The molecule has 0 aromatic carbocycles. The van der Waals surface area contributed by atoms with Crippen LogP contribution in [0.3, 0.4) is 0 Å². The molecule has 6 nitrogen and oxygen atoms in total. The van der Waals surface area contributed by atoms with Gasteiger partial charge in [0.1, 0.15) is 6.54 Å². The van der Waals surface area contributed by atoms with E-state index in [1.54, 1.807) is 0 Å². The van der Waals surface area contributed by atoms with Gasteiger partial charge in [0.05, 0.1) is 6.61 Å². The highest BCUT2D eigenvalue weighted by molar-refractivity contribution is 5.80. The van der Waals surface area contributed by atoms with Crippen LogP contribution in [0.15, 0.2) is 0 Å². The summed E-state index contributed by atoms with van der Waals surface area (Å²) < 4.78 is 5.40. The summed E-state index contributed by atoms with van der Waals surface area (Å²) in [5.74, 6) is 0.102. The van der Waals surface area contributed by atoms with Gasteiger partial charge in [0.2, 0.25) is 0 Å². The van der Waals surface area contributed by atoms with Gasteiger partial charge in [-0.2, -0.15) is 0 Å². The van der Waals surface area contributed by atoms with Crippen LogP contribution in [-0.2, 0) is 9.53 Å². The molecule has 0 aromatic heterocycles. The minimum absolute atomic E-state index is 0.240. The van der Waals surface area contributed by atoms with Crippen molar-refractivity contribution < 1.29 is 19.4 Å². The maximum Gasteiger partial charge on any atom is 0.323 e. The lowest BCUT2D eigenvalue weighted by Crippen LogP contribution is -2.44. The molecule has 2 amide bonds. The highest BCUT2D eigenvalue weighted by Crippen LogP contribution is 2.29. The molecule has 0 atom stereocenters. The molecule has 2 N–H and O–H groups in total. The van der Waals surface area contributed by atoms with Crippen molar-refractivity contribution >= 4 is 12.0 Å². The molecule has 0 aromatic rings. The molecular weight excluding hydrogens is 260 g/mol. The van der Waals surface area contributed by atoms with Crippen LogP contribution in [0.1, 0.15) is 33.1 Å². The third kappa shape index (κ3) is 7.99. The second kappa shape index (κ2) is 8.79. The molecule has 0 unspecified atom stereocenters. The van der Waals surface area contributed by atoms with E-state index < -0.39 is 5.97 Å². The van der Waals surface area contributed by atoms with E-state index >= 15 is 0 Å². The van der Waals surface area contributed by atoms with E-state index in [0.717, 1.165) is 19.3 Å². The Morgan fingerprint density at radius 1 is 1.35 bits per heavy atom. The zero-order chi connectivity index (χ0) is 15.0. The number of ether oxygens (including phenoxy) is 1. The lowest BCUT2D eigenvalue weighted by atomic mass is 10.1. The average molecular weight is 286 g/mol. The van der Waals surface area contributed by atoms with Crippen LogP contribution >= 0.6 is 0 Å². The fourth-order valence-electron chi connectivity index (χ4n) is 1.76. The molecular formula is C14H26N2O4. The van der Waals surface area contributed by atoms with E-state index in [1.165, 1.54) is 4.90 Å². The predicted molar refractivity (Wildman–Crippen MR) is 75.6 cm³/mol. The third-order valence-corrected chi connectivity index (χ3v) is 3.15. The van der Waals surface area contributed by atoms with Crippen molar-refractivity contribution in [3.05, 3.63) is 0 Å². The number of rotatable bonds is 10. The summed E-state index contributed by atoms with van der Waals surface area (Å²) in [6.07, 6.45) is 3.17. The Kier molecular flexibility index (Phi) is 7.36. The Morgan fingerprint density at radius 3 is 2.60 bits per heavy atom. The van der Waals surface area contributed by atoms with Gasteiger partial charge in [0.15, 0.2) is 0 Å². The Morgan fingerprint density at radius 2 is 2.05 bits per heavy atom. The zero-order valence-corrected chi connectivity index (χ0v) is 12.4. The van der Waals surface area contributed by atoms with Crippen molar-refractivity contribution in [3.63, 3.8) is 0 Å². The number of nitrogens with zero attached hydrogens (tertiary/aromatic N) is 1. The molecule has 116 valence electrons. The number of amides is 2. The maximum atomic E-state index is 11.9. The fourth-order valence-corrected chi connectivity index (χ4v) is 1.76. The van der Waals surface area contributed by atoms with Gasteiger partial charge in [-0.1, -0.05) is 13.8 Å². The van der Waals surface area contributed by atoms with Crippen LogP contribution in [0.5, 0.6) is 0 Å². The van der Waals surface area contributed by atoms with Gasteiger partial charge in [-0.25, -0.2) is 4.79 Å². The normalized spacial score (nSPS) is 14.3. The van der Waals surface area contributed by atoms with E-state index in [4.69, 9.17) is 9.84 Å². The van der Waals surface area contributed by atoms with Gasteiger partial charge in [0, 0.05) is 19.7 Å². The standard InChI is InChI=1S/C14H26N2O4/c1-11(2)5-7-20-8-6-15-14(19)16(10-13(17)18)9-12-3-4-12/h11-12H,3-10H2,1-2H3,(H,15,19)(H,17,18). The van der Waals surface area contributed by atoms with Crippen LogP contribution in [0.25, 0.3) is 0 Å². The SMILES string of the molecule is CC(C)CCOCCNC(=O)N(CC(=O)O)CC1CC1. The van der Waals surface area contributed by atoms with Crippen molar-refractivity contribution in [3.8, 4) is 0 Å². The lowest BCUT2D eigenvalue weighted by molar-refractivity contribution is -0.137. The highest BCUT2D eigenvalue weighted by Gasteiger charge is 2.27. The van der Waals surface area contributed by atoms with Crippen LogP contribution < -0.4 is 5.32 Å². The Balaban J connectivity index is 2.15. The van der Waals surface area contributed by atoms with Gasteiger partial charge in [0.25, 0.3) is 0 Å². The molecule has 6 heteroatoms. The minimum Gasteiger partial charge on any atom is -0.480 e. The first kappa shape index (κ1) is 16.8. The molecule has 0 aliphatic heterocycles. The fraction of sp³-hybridized carbons (Fsp3) is 0.857. The average Bonchev–Trinajstić information content (AvgIpc) is 3.15. The summed E-state index contributed by atoms with van der Waals surface area (Å²) in [6.45, 7) is 6.12. The number of hydrogen-bond acceptors (Lipinski definition) is 3. The molecule has 0 heterocycles. The summed E-state index contributed by atoms with van der Waals surface area (Å²) in [7, 11) is 0. The quantitative estimate of drug-likeness (QED) is 0.597. The molecule has 0 spiro atoms. The molecule has 0 radical (unpaired) electrons. The van der Waals surface area contributed by atoms with Crippen LogP contribution in [0.2, 0.25) is 0 Å².